The van der Waals surface area contributed by atoms with Gasteiger partial charge in [0.1, 0.15) is 6.07 Å². The normalized spacial score (nSPS) is 14.5. The van der Waals surface area contributed by atoms with Crippen LogP contribution in [-0.2, 0) is 6.42 Å². The topological polar surface area (TPSA) is 71.5 Å². The van der Waals surface area contributed by atoms with Gasteiger partial charge in [0.25, 0.3) is 0 Å². The maximum Gasteiger partial charge on any atom is 0.235 e. The second kappa shape index (κ2) is 10.1. The van der Waals surface area contributed by atoms with Gasteiger partial charge in [0, 0.05) is 19.2 Å². The zero-order valence-electron chi connectivity index (χ0n) is 18.5. The van der Waals surface area contributed by atoms with Crippen molar-refractivity contribution in [2.24, 2.45) is 5.92 Å². The zero-order valence-corrected chi connectivity index (χ0v) is 18.5. The van der Waals surface area contributed by atoms with Crippen molar-refractivity contribution >= 4 is 18.0 Å². The lowest BCUT2D eigenvalue weighted by Crippen LogP contribution is -2.34. The quantitative estimate of drug-likeness (QED) is 0.514. The highest BCUT2D eigenvalue weighted by Gasteiger charge is 2.25. The molecule has 6 nitrogen and oxygen atoms in total. The molecule has 1 aliphatic heterocycles. The molecule has 2 aromatic carbocycles. The molecule has 32 heavy (non-hydrogen) atoms. The first kappa shape index (κ1) is 21.5. The number of hydrogen-bond donors (Lipinski definition) is 0. The van der Waals surface area contributed by atoms with E-state index in [2.05, 4.69) is 46.3 Å². The summed E-state index contributed by atoms with van der Waals surface area (Å²) in [6.45, 7) is 1.72. The van der Waals surface area contributed by atoms with Gasteiger partial charge in [-0.3, -0.25) is 0 Å². The highest BCUT2D eigenvalue weighted by Crippen LogP contribution is 2.30. The van der Waals surface area contributed by atoms with Crippen LogP contribution in [0.4, 0.5) is 5.88 Å². The summed E-state index contributed by atoms with van der Waals surface area (Å²) >= 11 is 0. The molecule has 0 aliphatic carbocycles. The summed E-state index contributed by atoms with van der Waals surface area (Å²) in [5, 5.41) is 9.57. The van der Waals surface area contributed by atoms with E-state index in [4.69, 9.17) is 13.9 Å². The first-order chi connectivity index (χ1) is 15.7. The summed E-state index contributed by atoms with van der Waals surface area (Å²) in [6, 6.07) is 18.4. The van der Waals surface area contributed by atoms with Gasteiger partial charge in [-0.25, -0.2) is 0 Å². The van der Waals surface area contributed by atoms with E-state index in [1.807, 2.05) is 24.3 Å². The lowest BCUT2D eigenvalue weighted by atomic mass is 9.90. The number of nitrogens with zero attached hydrogens (tertiary/aromatic N) is 3. The molecule has 0 saturated carbocycles. The number of methoxy groups -OCH3 is 2. The van der Waals surface area contributed by atoms with Gasteiger partial charge in [-0.1, -0.05) is 36.4 Å². The Balaban J connectivity index is 1.43. The minimum absolute atomic E-state index is 0.332. The minimum atomic E-state index is 0.332. The molecular formula is C26H27N3O3. The van der Waals surface area contributed by atoms with Crippen molar-refractivity contribution in [3.05, 3.63) is 71.2 Å². The van der Waals surface area contributed by atoms with Gasteiger partial charge in [0.15, 0.2) is 11.5 Å². The van der Waals surface area contributed by atoms with Gasteiger partial charge in [-0.05, 0) is 54.5 Å². The molecule has 0 radical (unpaired) electrons. The highest BCUT2D eigenvalue weighted by atomic mass is 16.5. The van der Waals surface area contributed by atoms with Crippen molar-refractivity contribution in [1.82, 2.24) is 4.98 Å². The highest BCUT2D eigenvalue weighted by molar-refractivity contribution is 5.69. The number of oxazole rings is 1. The number of anilines is 1. The molecule has 0 amide bonds. The van der Waals surface area contributed by atoms with Gasteiger partial charge in [0.05, 0.1) is 14.2 Å². The smallest absolute Gasteiger partial charge is 0.235 e. The van der Waals surface area contributed by atoms with E-state index in [9.17, 15) is 5.26 Å². The fraction of sp³-hybridized carbons (Fsp3) is 0.308. The van der Waals surface area contributed by atoms with Crippen molar-refractivity contribution in [2.75, 3.05) is 32.2 Å². The third-order valence-corrected chi connectivity index (χ3v) is 5.83. The molecule has 1 fully saturated rings. The second-order valence-corrected chi connectivity index (χ2v) is 7.89. The van der Waals surface area contributed by atoms with Crippen LogP contribution in [0.15, 0.2) is 52.9 Å². The Labute approximate surface area is 188 Å². The van der Waals surface area contributed by atoms with Crippen LogP contribution in [0.5, 0.6) is 11.5 Å². The first-order valence-corrected chi connectivity index (χ1v) is 10.8. The second-order valence-electron chi connectivity index (χ2n) is 7.89. The Hall–Kier alpha value is -3.72. The third-order valence-electron chi connectivity index (χ3n) is 5.83. The van der Waals surface area contributed by atoms with Crippen LogP contribution in [0.2, 0.25) is 0 Å². The van der Waals surface area contributed by atoms with E-state index in [1.54, 1.807) is 20.3 Å². The van der Waals surface area contributed by atoms with Gasteiger partial charge >= 0.3 is 0 Å². The van der Waals surface area contributed by atoms with Crippen LogP contribution < -0.4 is 14.4 Å². The molecule has 1 saturated heterocycles. The molecule has 0 N–H and O–H groups in total. The van der Waals surface area contributed by atoms with E-state index < -0.39 is 0 Å². The summed E-state index contributed by atoms with van der Waals surface area (Å²) in [5.41, 5.74) is 2.63. The van der Waals surface area contributed by atoms with Crippen molar-refractivity contribution in [3.63, 3.8) is 0 Å². The maximum atomic E-state index is 9.57. The van der Waals surface area contributed by atoms with Gasteiger partial charge in [0.2, 0.25) is 17.5 Å². The average Bonchev–Trinajstić information content (AvgIpc) is 3.27. The molecule has 0 bridgehead atoms. The van der Waals surface area contributed by atoms with E-state index in [1.165, 1.54) is 5.56 Å². The number of aromatic nitrogens is 1. The van der Waals surface area contributed by atoms with Crippen LogP contribution in [0.1, 0.15) is 35.6 Å². The van der Waals surface area contributed by atoms with Crippen LogP contribution in [-0.4, -0.2) is 32.3 Å². The SMILES string of the molecule is COc1ccc(/C=C/c2nc(C#N)c(N3CCC(Cc4ccccc4)CC3)o2)cc1OC. The number of benzene rings is 2. The van der Waals surface area contributed by atoms with E-state index in [0.717, 1.165) is 37.9 Å². The van der Waals surface area contributed by atoms with Crippen molar-refractivity contribution < 1.29 is 13.9 Å². The number of rotatable bonds is 7. The fourth-order valence-corrected chi connectivity index (χ4v) is 4.10. The molecule has 3 aromatic rings. The van der Waals surface area contributed by atoms with Crippen LogP contribution in [0.3, 0.4) is 0 Å². The molecule has 0 spiro atoms. The van der Waals surface area contributed by atoms with Crippen molar-refractivity contribution in [3.8, 4) is 17.6 Å². The molecular weight excluding hydrogens is 402 g/mol. The van der Waals surface area contributed by atoms with E-state index in [-0.39, 0.29) is 0 Å². The summed E-state index contributed by atoms with van der Waals surface area (Å²) in [6.07, 6.45) is 6.88. The number of ether oxygens (including phenoxy) is 2. The lowest BCUT2D eigenvalue weighted by Gasteiger charge is -2.31. The summed E-state index contributed by atoms with van der Waals surface area (Å²) < 4.78 is 16.6. The summed E-state index contributed by atoms with van der Waals surface area (Å²) in [5.74, 6) is 2.95. The molecule has 0 unspecified atom stereocenters. The predicted molar refractivity (Wildman–Crippen MR) is 125 cm³/mol. The Kier molecular flexibility index (Phi) is 6.76. The maximum absolute atomic E-state index is 9.57. The van der Waals surface area contributed by atoms with E-state index in [0.29, 0.717) is 34.9 Å². The molecule has 0 atom stereocenters. The van der Waals surface area contributed by atoms with Crippen LogP contribution in [0.25, 0.3) is 12.2 Å². The Morgan fingerprint density at radius 2 is 1.81 bits per heavy atom. The van der Waals surface area contributed by atoms with Gasteiger partial charge in [-0.2, -0.15) is 10.2 Å². The molecule has 1 aliphatic rings. The number of piperidine rings is 1. The zero-order chi connectivity index (χ0) is 22.3. The standard InChI is InChI=1S/C26H27N3O3/c1-30-23-10-8-20(17-24(23)31-2)9-11-25-28-22(18-27)26(32-25)29-14-12-21(13-15-29)16-19-6-4-3-5-7-19/h3-11,17,21H,12-16H2,1-2H3/b11-9+. The lowest BCUT2D eigenvalue weighted by molar-refractivity contribution is 0.355. The first-order valence-electron chi connectivity index (χ1n) is 10.8. The van der Waals surface area contributed by atoms with E-state index >= 15 is 0 Å². The Morgan fingerprint density at radius 1 is 1.06 bits per heavy atom. The van der Waals surface area contributed by atoms with Crippen LogP contribution in [0, 0.1) is 17.2 Å². The molecule has 4 rings (SSSR count). The van der Waals surface area contributed by atoms with Crippen LogP contribution >= 0.6 is 0 Å². The van der Waals surface area contributed by atoms with Crippen molar-refractivity contribution in [2.45, 2.75) is 19.3 Å². The Bertz CT molecular complexity index is 1110. The number of nitriles is 1. The average molecular weight is 430 g/mol. The van der Waals surface area contributed by atoms with Gasteiger partial charge in [-0.15, -0.1) is 0 Å². The monoisotopic (exact) mass is 429 g/mol. The number of hydrogen-bond acceptors (Lipinski definition) is 6. The molecule has 6 heteroatoms. The predicted octanol–water partition coefficient (Wildman–Crippen LogP) is 5.19. The summed E-state index contributed by atoms with van der Waals surface area (Å²) in [7, 11) is 3.21. The minimum Gasteiger partial charge on any atom is -0.493 e. The Morgan fingerprint density at radius 3 is 2.50 bits per heavy atom. The van der Waals surface area contributed by atoms with Gasteiger partial charge < -0.3 is 18.8 Å². The summed E-state index contributed by atoms with van der Waals surface area (Å²) in [4.78, 5) is 6.51. The third kappa shape index (κ3) is 4.94. The molecule has 2 heterocycles. The largest absolute Gasteiger partial charge is 0.493 e. The fourth-order valence-electron chi connectivity index (χ4n) is 4.10. The molecule has 1 aromatic heterocycles. The molecule has 164 valence electrons. The van der Waals surface area contributed by atoms with Crippen molar-refractivity contribution in [1.29, 1.82) is 5.26 Å².